The molecular formula is C9H12N2O4S2. The van der Waals surface area contributed by atoms with Gasteiger partial charge in [-0.3, -0.25) is 4.79 Å². The van der Waals surface area contributed by atoms with Gasteiger partial charge in [-0.15, -0.1) is 11.3 Å². The lowest BCUT2D eigenvalue weighted by Crippen LogP contribution is -2.33. The Balaban J connectivity index is 2.07. The number of nitrogens with zero attached hydrogens (tertiary/aromatic N) is 1. The van der Waals surface area contributed by atoms with Crippen LogP contribution in [0.3, 0.4) is 0 Å². The summed E-state index contributed by atoms with van der Waals surface area (Å²) in [5.74, 6) is -0.944. The molecule has 6 nitrogen and oxygen atoms in total. The third-order valence-electron chi connectivity index (χ3n) is 2.77. The number of carbonyl (C=O) groups is 1. The number of carboxylic acids is 1. The fraction of sp³-hybridized carbons (Fsp3) is 0.556. The number of aromatic nitrogens is 1. The van der Waals surface area contributed by atoms with Crippen LogP contribution in [0.2, 0.25) is 0 Å². The summed E-state index contributed by atoms with van der Waals surface area (Å²) in [5, 5.41) is 9.59. The molecule has 0 aromatic carbocycles. The number of nitrogens with one attached hydrogen (secondary N) is 1. The molecule has 1 aliphatic carbocycles. The topological polar surface area (TPSA) is 96.4 Å². The first kappa shape index (κ1) is 12.5. The van der Waals surface area contributed by atoms with Crippen molar-refractivity contribution >= 4 is 27.3 Å². The number of aliphatic carboxylic acids is 1. The lowest BCUT2D eigenvalue weighted by molar-refractivity contribution is -0.143. The first-order valence-corrected chi connectivity index (χ1v) is 7.31. The van der Waals surface area contributed by atoms with E-state index in [1.165, 1.54) is 6.20 Å². The maximum absolute atomic E-state index is 11.8. The molecule has 2 rings (SSSR count). The van der Waals surface area contributed by atoms with Gasteiger partial charge in [-0.2, -0.15) is 0 Å². The summed E-state index contributed by atoms with van der Waals surface area (Å²) < 4.78 is 26.1. The van der Waals surface area contributed by atoms with Gasteiger partial charge in [0.2, 0.25) is 0 Å². The van der Waals surface area contributed by atoms with Crippen molar-refractivity contribution in [1.29, 1.82) is 0 Å². The smallest absolute Gasteiger partial charge is 0.310 e. The summed E-state index contributed by atoms with van der Waals surface area (Å²) in [6.45, 7) is 1.66. The minimum Gasteiger partial charge on any atom is -0.481 e. The predicted octanol–water partition coefficient (Wildman–Crippen LogP) is 0.595. The zero-order chi connectivity index (χ0) is 12.7. The number of aryl methyl sites for hydroxylation is 1. The van der Waals surface area contributed by atoms with Crippen molar-refractivity contribution in [2.24, 2.45) is 5.41 Å². The van der Waals surface area contributed by atoms with Gasteiger partial charge in [0.05, 0.1) is 16.6 Å². The van der Waals surface area contributed by atoms with Crippen molar-refractivity contribution in [2.45, 2.75) is 24.0 Å². The standard InChI is InChI=1S/C9H12N2O4S2/c1-6-10-4-7(16-6)17(14,15)11-5-9(2-3-9)8(12)13/h4,11H,2-3,5H2,1H3,(H,12,13). The Morgan fingerprint density at radius 2 is 2.29 bits per heavy atom. The number of rotatable bonds is 5. The number of carboxylic acid groups (broad SMARTS) is 1. The molecular weight excluding hydrogens is 264 g/mol. The highest BCUT2D eigenvalue weighted by Crippen LogP contribution is 2.45. The summed E-state index contributed by atoms with van der Waals surface area (Å²) in [7, 11) is -3.62. The van der Waals surface area contributed by atoms with E-state index in [2.05, 4.69) is 9.71 Å². The fourth-order valence-corrected chi connectivity index (χ4v) is 3.67. The highest BCUT2D eigenvalue weighted by Gasteiger charge is 2.50. The summed E-state index contributed by atoms with van der Waals surface area (Å²) in [6.07, 6.45) is 2.32. The van der Waals surface area contributed by atoms with Crippen LogP contribution in [0.1, 0.15) is 17.8 Å². The van der Waals surface area contributed by atoms with Gasteiger partial charge in [-0.1, -0.05) is 0 Å². The number of hydrogen-bond donors (Lipinski definition) is 2. The van der Waals surface area contributed by atoms with Crippen LogP contribution in [0.25, 0.3) is 0 Å². The molecule has 1 aromatic heterocycles. The van der Waals surface area contributed by atoms with Gasteiger partial charge in [0.1, 0.15) is 0 Å². The maximum Gasteiger partial charge on any atom is 0.310 e. The zero-order valence-corrected chi connectivity index (χ0v) is 10.8. The number of thiazole rings is 1. The molecule has 0 spiro atoms. The van der Waals surface area contributed by atoms with Crippen molar-refractivity contribution < 1.29 is 18.3 Å². The first-order chi connectivity index (χ1) is 7.86. The molecule has 17 heavy (non-hydrogen) atoms. The van der Waals surface area contributed by atoms with Crippen molar-refractivity contribution in [3.63, 3.8) is 0 Å². The van der Waals surface area contributed by atoms with E-state index in [9.17, 15) is 13.2 Å². The number of hydrogen-bond acceptors (Lipinski definition) is 5. The molecule has 1 fully saturated rings. The summed E-state index contributed by atoms with van der Waals surface area (Å²) in [6, 6.07) is 0. The Morgan fingerprint density at radius 3 is 2.71 bits per heavy atom. The van der Waals surface area contributed by atoms with E-state index in [1.54, 1.807) is 6.92 Å². The summed E-state index contributed by atoms with van der Waals surface area (Å²) >= 11 is 1.07. The molecule has 0 unspecified atom stereocenters. The molecule has 0 atom stereocenters. The van der Waals surface area contributed by atoms with Crippen LogP contribution in [-0.2, 0) is 14.8 Å². The minimum absolute atomic E-state index is 0.0540. The van der Waals surface area contributed by atoms with E-state index in [-0.39, 0.29) is 10.8 Å². The lowest BCUT2D eigenvalue weighted by Gasteiger charge is -2.10. The Morgan fingerprint density at radius 1 is 1.65 bits per heavy atom. The molecule has 0 bridgehead atoms. The van der Waals surface area contributed by atoms with Crippen molar-refractivity contribution in [3.8, 4) is 0 Å². The molecule has 0 amide bonds. The Bertz CT molecular complexity index is 545. The normalized spacial score (nSPS) is 17.9. The molecule has 1 saturated carbocycles. The second kappa shape index (κ2) is 4.04. The average molecular weight is 276 g/mol. The highest BCUT2D eigenvalue weighted by molar-refractivity contribution is 7.91. The molecule has 1 aromatic rings. The average Bonchev–Trinajstić information content (AvgIpc) is 2.92. The maximum atomic E-state index is 11.8. The summed E-state index contributed by atoms with van der Waals surface area (Å²) in [5.41, 5.74) is -0.896. The third-order valence-corrected chi connectivity index (χ3v) is 5.55. The van der Waals surface area contributed by atoms with E-state index < -0.39 is 21.4 Å². The molecule has 1 aliphatic rings. The van der Waals surface area contributed by atoms with Crippen molar-refractivity contribution in [3.05, 3.63) is 11.2 Å². The van der Waals surface area contributed by atoms with Crippen molar-refractivity contribution in [1.82, 2.24) is 9.71 Å². The Hall–Kier alpha value is -0.990. The van der Waals surface area contributed by atoms with E-state index in [0.29, 0.717) is 17.8 Å². The van der Waals surface area contributed by atoms with Crippen LogP contribution in [0.4, 0.5) is 0 Å². The SMILES string of the molecule is Cc1ncc(S(=O)(=O)NCC2(C(=O)O)CC2)s1. The largest absolute Gasteiger partial charge is 0.481 e. The minimum atomic E-state index is -3.62. The van der Waals surface area contributed by atoms with E-state index in [0.717, 1.165) is 11.3 Å². The van der Waals surface area contributed by atoms with Crippen LogP contribution < -0.4 is 4.72 Å². The molecule has 8 heteroatoms. The van der Waals surface area contributed by atoms with Gasteiger partial charge in [0.25, 0.3) is 10.0 Å². The van der Waals surface area contributed by atoms with Gasteiger partial charge in [0.15, 0.2) is 4.21 Å². The van der Waals surface area contributed by atoms with Crippen LogP contribution in [0.15, 0.2) is 10.4 Å². The number of sulfonamides is 1. The van der Waals surface area contributed by atoms with Gasteiger partial charge in [-0.25, -0.2) is 18.1 Å². The molecule has 2 N–H and O–H groups in total. The molecule has 0 aliphatic heterocycles. The van der Waals surface area contributed by atoms with Gasteiger partial charge >= 0.3 is 5.97 Å². The molecule has 0 saturated heterocycles. The lowest BCUT2D eigenvalue weighted by atomic mass is 10.1. The Labute approximate surface area is 103 Å². The Kier molecular flexibility index (Phi) is 2.96. The van der Waals surface area contributed by atoms with E-state index >= 15 is 0 Å². The van der Waals surface area contributed by atoms with Crippen LogP contribution >= 0.6 is 11.3 Å². The van der Waals surface area contributed by atoms with Gasteiger partial charge in [0, 0.05) is 6.54 Å². The van der Waals surface area contributed by atoms with Crippen LogP contribution in [0.5, 0.6) is 0 Å². The van der Waals surface area contributed by atoms with Gasteiger partial charge in [-0.05, 0) is 19.8 Å². The predicted molar refractivity (Wildman–Crippen MR) is 61.3 cm³/mol. The monoisotopic (exact) mass is 276 g/mol. The fourth-order valence-electron chi connectivity index (χ4n) is 1.39. The molecule has 1 heterocycles. The molecule has 94 valence electrons. The molecule has 0 radical (unpaired) electrons. The second-order valence-corrected chi connectivity index (χ2v) is 7.34. The second-order valence-electron chi connectivity index (χ2n) is 4.11. The van der Waals surface area contributed by atoms with Crippen LogP contribution in [-0.4, -0.2) is 31.0 Å². The quantitative estimate of drug-likeness (QED) is 0.820. The first-order valence-electron chi connectivity index (χ1n) is 5.01. The van der Waals surface area contributed by atoms with E-state index in [1.807, 2.05) is 0 Å². The van der Waals surface area contributed by atoms with E-state index in [4.69, 9.17) is 5.11 Å². The third kappa shape index (κ3) is 2.48. The highest BCUT2D eigenvalue weighted by atomic mass is 32.2. The van der Waals surface area contributed by atoms with Gasteiger partial charge < -0.3 is 5.11 Å². The zero-order valence-electron chi connectivity index (χ0n) is 9.13. The summed E-state index contributed by atoms with van der Waals surface area (Å²) in [4.78, 5) is 14.8. The van der Waals surface area contributed by atoms with Crippen molar-refractivity contribution in [2.75, 3.05) is 6.54 Å². The van der Waals surface area contributed by atoms with Crippen LogP contribution in [0, 0.1) is 12.3 Å².